The molecule has 3 aromatic rings. The minimum absolute atomic E-state index is 0.0549. The van der Waals surface area contributed by atoms with Gasteiger partial charge in [-0.2, -0.15) is 0 Å². The molecule has 160 valence electrons. The molecule has 2 aromatic heterocycles. The maximum Gasteiger partial charge on any atom is 0.230 e. The Balaban J connectivity index is 1.23. The number of carbonyl (C=O) groups excluding carboxylic acids is 1. The monoisotopic (exact) mass is 437 g/mol. The van der Waals surface area contributed by atoms with E-state index in [0.717, 1.165) is 46.4 Å². The van der Waals surface area contributed by atoms with Gasteiger partial charge in [-0.15, -0.1) is 10.2 Å². The first-order valence-electron chi connectivity index (χ1n) is 10.4. The average molecular weight is 438 g/mol. The van der Waals surface area contributed by atoms with Gasteiger partial charge in [0.2, 0.25) is 5.91 Å². The first kappa shape index (κ1) is 19.9. The molecule has 1 amide bonds. The molecular formula is C22H23N5O3S. The number of nitrogens with one attached hydrogen (secondary N) is 1. The third-order valence-electron chi connectivity index (χ3n) is 5.27. The zero-order valence-electron chi connectivity index (χ0n) is 17.2. The van der Waals surface area contributed by atoms with Crippen LogP contribution in [0.4, 0.5) is 0 Å². The Bertz CT molecular complexity index is 1080. The zero-order valence-corrected chi connectivity index (χ0v) is 18.0. The highest BCUT2D eigenvalue weighted by Gasteiger charge is 2.30. The summed E-state index contributed by atoms with van der Waals surface area (Å²) in [5, 5.41) is 12.5. The number of carbonyl (C=O) groups is 1. The minimum atomic E-state index is -0.142. The molecule has 0 saturated heterocycles. The number of rotatable bonds is 7. The summed E-state index contributed by atoms with van der Waals surface area (Å²) in [6, 6.07) is 9.89. The fourth-order valence-electron chi connectivity index (χ4n) is 3.56. The Morgan fingerprint density at radius 3 is 2.84 bits per heavy atom. The van der Waals surface area contributed by atoms with Crippen molar-refractivity contribution >= 4 is 17.7 Å². The maximum absolute atomic E-state index is 12.6. The van der Waals surface area contributed by atoms with Crippen molar-refractivity contribution in [3.8, 4) is 22.9 Å². The van der Waals surface area contributed by atoms with Crippen LogP contribution in [0.5, 0.6) is 11.5 Å². The molecule has 1 atom stereocenters. The molecule has 0 spiro atoms. The van der Waals surface area contributed by atoms with Crippen molar-refractivity contribution in [1.29, 1.82) is 0 Å². The molecule has 3 heterocycles. The molecule has 1 N–H and O–H groups in total. The van der Waals surface area contributed by atoms with Crippen LogP contribution in [0.25, 0.3) is 11.4 Å². The predicted octanol–water partition coefficient (Wildman–Crippen LogP) is 3.42. The van der Waals surface area contributed by atoms with Gasteiger partial charge in [-0.1, -0.05) is 17.8 Å². The zero-order chi connectivity index (χ0) is 21.2. The van der Waals surface area contributed by atoms with Gasteiger partial charge in [0.25, 0.3) is 0 Å². The van der Waals surface area contributed by atoms with E-state index in [9.17, 15) is 4.79 Å². The molecule has 31 heavy (non-hydrogen) atoms. The van der Waals surface area contributed by atoms with Gasteiger partial charge < -0.3 is 14.8 Å². The van der Waals surface area contributed by atoms with Crippen molar-refractivity contribution < 1.29 is 14.3 Å². The lowest BCUT2D eigenvalue weighted by Crippen LogP contribution is -2.28. The molecule has 0 unspecified atom stereocenters. The fourth-order valence-corrected chi connectivity index (χ4v) is 4.37. The van der Waals surface area contributed by atoms with Crippen LogP contribution in [-0.4, -0.2) is 44.6 Å². The molecule has 0 bridgehead atoms. The Labute approximate surface area is 184 Å². The smallest absolute Gasteiger partial charge is 0.230 e. The summed E-state index contributed by atoms with van der Waals surface area (Å²) in [4.78, 5) is 16.8. The lowest BCUT2D eigenvalue weighted by atomic mass is 10.1. The summed E-state index contributed by atoms with van der Waals surface area (Å²) >= 11 is 1.41. The number of nitrogens with zero attached hydrogens (tertiary/aromatic N) is 4. The number of hydrogen-bond acceptors (Lipinski definition) is 7. The van der Waals surface area contributed by atoms with Crippen LogP contribution in [-0.2, 0) is 4.79 Å². The van der Waals surface area contributed by atoms with Crippen LogP contribution < -0.4 is 14.8 Å². The van der Waals surface area contributed by atoms with Gasteiger partial charge in [0, 0.05) is 24.0 Å². The number of pyridine rings is 1. The summed E-state index contributed by atoms with van der Waals surface area (Å²) in [7, 11) is 0. The molecule has 9 heteroatoms. The number of thioether (sulfide) groups is 1. The second kappa shape index (κ2) is 8.58. The van der Waals surface area contributed by atoms with Gasteiger partial charge in [0.05, 0.1) is 11.8 Å². The highest BCUT2D eigenvalue weighted by Crippen LogP contribution is 2.41. The number of benzene rings is 1. The van der Waals surface area contributed by atoms with Crippen LogP contribution in [0.3, 0.4) is 0 Å². The van der Waals surface area contributed by atoms with E-state index in [4.69, 9.17) is 9.47 Å². The fraction of sp³-hybridized carbons (Fsp3) is 0.364. The number of fused-ring (bicyclic) bond motifs is 1. The first-order chi connectivity index (χ1) is 15.2. The van der Waals surface area contributed by atoms with Gasteiger partial charge in [0.15, 0.2) is 22.5 Å². The van der Waals surface area contributed by atoms with Crippen molar-refractivity contribution in [2.24, 2.45) is 0 Å². The lowest BCUT2D eigenvalue weighted by molar-refractivity contribution is -0.119. The Hall–Kier alpha value is -3.07. The summed E-state index contributed by atoms with van der Waals surface area (Å²) in [5.74, 6) is 2.49. The molecular weight excluding hydrogens is 414 g/mol. The second-order valence-corrected chi connectivity index (χ2v) is 8.57. The SMILES string of the molecule is C[C@@H](NC(=O)CSc1nnc(-c2cccnc2)n1C1CC1)c1ccc2c(c1)OCCO2. The first-order valence-corrected chi connectivity index (χ1v) is 11.3. The van der Waals surface area contributed by atoms with E-state index in [2.05, 4.69) is 25.1 Å². The molecule has 5 rings (SSSR count). The minimum Gasteiger partial charge on any atom is -0.486 e. The van der Waals surface area contributed by atoms with Crippen molar-refractivity contribution in [3.63, 3.8) is 0 Å². The predicted molar refractivity (Wildman–Crippen MR) is 116 cm³/mol. The Kier molecular flexibility index (Phi) is 5.50. The molecule has 1 aliphatic heterocycles. The van der Waals surface area contributed by atoms with Gasteiger partial charge in [-0.05, 0) is 49.6 Å². The molecule has 1 fully saturated rings. The van der Waals surface area contributed by atoms with E-state index in [1.54, 1.807) is 12.4 Å². The lowest BCUT2D eigenvalue weighted by Gasteiger charge is -2.21. The molecule has 1 aromatic carbocycles. The van der Waals surface area contributed by atoms with Gasteiger partial charge in [0.1, 0.15) is 13.2 Å². The standard InChI is InChI=1S/C22H23N5O3S/c1-14(15-4-7-18-19(11-15)30-10-9-29-18)24-20(28)13-31-22-26-25-21(27(22)17-5-6-17)16-3-2-8-23-12-16/h2-4,7-8,11-12,14,17H,5-6,9-10,13H2,1H3,(H,24,28)/t14-/m1/s1. The van der Waals surface area contributed by atoms with Crippen molar-refractivity contribution in [1.82, 2.24) is 25.1 Å². The Morgan fingerprint density at radius 1 is 1.23 bits per heavy atom. The van der Waals surface area contributed by atoms with Gasteiger partial charge >= 0.3 is 0 Å². The van der Waals surface area contributed by atoms with E-state index in [0.29, 0.717) is 19.3 Å². The summed E-state index contributed by atoms with van der Waals surface area (Å²) in [5.41, 5.74) is 1.91. The number of ether oxygens (including phenoxy) is 2. The third kappa shape index (κ3) is 4.36. The van der Waals surface area contributed by atoms with E-state index in [1.807, 2.05) is 37.3 Å². The molecule has 8 nitrogen and oxygen atoms in total. The maximum atomic E-state index is 12.6. The highest BCUT2D eigenvalue weighted by molar-refractivity contribution is 7.99. The van der Waals surface area contributed by atoms with Gasteiger partial charge in [-0.3, -0.25) is 14.3 Å². The van der Waals surface area contributed by atoms with Crippen molar-refractivity contribution in [3.05, 3.63) is 48.3 Å². The van der Waals surface area contributed by atoms with Crippen LogP contribution in [0.1, 0.15) is 37.4 Å². The largest absolute Gasteiger partial charge is 0.486 e. The van der Waals surface area contributed by atoms with E-state index in [1.165, 1.54) is 11.8 Å². The number of amides is 1. The topological polar surface area (TPSA) is 91.2 Å². The second-order valence-electron chi connectivity index (χ2n) is 7.63. The normalized spacial score (nSPS) is 16.0. The van der Waals surface area contributed by atoms with E-state index >= 15 is 0 Å². The van der Waals surface area contributed by atoms with Crippen LogP contribution in [0, 0.1) is 0 Å². The van der Waals surface area contributed by atoms with E-state index in [-0.39, 0.29) is 17.7 Å². The quantitative estimate of drug-likeness (QED) is 0.566. The van der Waals surface area contributed by atoms with E-state index < -0.39 is 0 Å². The van der Waals surface area contributed by atoms with Crippen molar-refractivity contribution in [2.45, 2.75) is 37.0 Å². The average Bonchev–Trinajstić information content (AvgIpc) is 3.56. The summed E-state index contributed by atoms with van der Waals surface area (Å²) in [6.07, 6.45) is 5.74. The van der Waals surface area contributed by atoms with Crippen LogP contribution >= 0.6 is 11.8 Å². The molecule has 2 aliphatic rings. The Morgan fingerprint density at radius 2 is 2.06 bits per heavy atom. The van der Waals surface area contributed by atoms with Crippen LogP contribution in [0.2, 0.25) is 0 Å². The summed E-state index contributed by atoms with van der Waals surface area (Å²) in [6.45, 7) is 3.06. The van der Waals surface area contributed by atoms with Crippen LogP contribution in [0.15, 0.2) is 47.9 Å². The third-order valence-corrected chi connectivity index (χ3v) is 6.22. The van der Waals surface area contributed by atoms with Crippen molar-refractivity contribution in [2.75, 3.05) is 19.0 Å². The molecule has 1 aliphatic carbocycles. The number of aromatic nitrogens is 4. The summed E-state index contributed by atoms with van der Waals surface area (Å²) < 4.78 is 13.3. The number of hydrogen-bond donors (Lipinski definition) is 1. The van der Waals surface area contributed by atoms with Gasteiger partial charge in [-0.25, -0.2) is 0 Å². The molecule has 1 saturated carbocycles. The molecule has 0 radical (unpaired) electrons. The highest BCUT2D eigenvalue weighted by atomic mass is 32.2.